The lowest BCUT2D eigenvalue weighted by Gasteiger charge is -2.00. The van der Waals surface area contributed by atoms with Crippen LogP contribution in [-0.2, 0) is 6.42 Å². The van der Waals surface area contributed by atoms with Gasteiger partial charge in [-0.25, -0.2) is 0 Å². The van der Waals surface area contributed by atoms with Crippen molar-refractivity contribution in [1.82, 2.24) is 0 Å². The first-order valence-corrected chi connectivity index (χ1v) is 5.92. The van der Waals surface area contributed by atoms with Gasteiger partial charge in [-0.3, -0.25) is 0 Å². The molecule has 0 aliphatic heterocycles. The van der Waals surface area contributed by atoms with E-state index in [1.54, 1.807) is 0 Å². The average molecular weight is 213 g/mol. The van der Waals surface area contributed by atoms with Crippen molar-refractivity contribution in [3.05, 3.63) is 59.2 Å². The summed E-state index contributed by atoms with van der Waals surface area (Å²) in [7, 11) is 0. The first-order chi connectivity index (χ1) is 7.68. The summed E-state index contributed by atoms with van der Waals surface area (Å²) in [5.74, 6) is 0. The third-order valence-electron chi connectivity index (χ3n) is 2.53. The lowest BCUT2D eigenvalue weighted by molar-refractivity contribution is 0.936. The molecule has 0 saturated carbocycles. The molecular formula is C16H21. The van der Waals surface area contributed by atoms with Crippen molar-refractivity contribution < 1.29 is 0 Å². The fourth-order valence-corrected chi connectivity index (χ4v) is 1.52. The van der Waals surface area contributed by atoms with Crippen LogP contribution in [-0.4, -0.2) is 0 Å². The molecule has 0 atom stereocenters. The van der Waals surface area contributed by atoms with Crippen LogP contribution in [0.1, 0.15) is 39.2 Å². The molecule has 85 valence electrons. The molecule has 0 amide bonds. The van der Waals surface area contributed by atoms with Crippen molar-refractivity contribution in [1.29, 1.82) is 0 Å². The lowest BCUT2D eigenvalue weighted by atomic mass is 10.1. The van der Waals surface area contributed by atoms with Gasteiger partial charge in [-0.2, -0.15) is 0 Å². The van der Waals surface area contributed by atoms with Crippen molar-refractivity contribution in [2.75, 3.05) is 0 Å². The van der Waals surface area contributed by atoms with Gasteiger partial charge in [0, 0.05) is 0 Å². The average Bonchev–Trinajstić information content (AvgIpc) is 2.27. The van der Waals surface area contributed by atoms with Crippen LogP contribution in [0.3, 0.4) is 0 Å². The van der Waals surface area contributed by atoms with E-state index >= 15 is 0 Å². The fourth-order valence-electron chi connectivity index (χ4n) is 1.52. The predicted octanol–water partition coefficient (Wildman–Crippen LogP) is 4.72. The first kappa shape index (κ1) is 12.8. The first-order valence-electron chi connectivity index (χ1n) is 5.92. The zero-order valence-electron chi connectivity index (χ0n) is 10.6. The summed E-state index contributed by atoms with van der Waals surface area (Å²) < 4.78 is 0. The van der Waals surface area contributed by atoms with E-state index in [4.69, 9.17) is 0 Å². The fraction of sp³-hybridized carbons (Fsp3) is 0.375. The van der Waals surface area contributed by atoms with E-state index in [-0.39, 0.29) is 0 Å². The van der Waals surface area contributed by atoms with E-state index in [1.807, 2.05) is 0 Å². The molecule has 1 rings (SSSR count). The van der Waals surface area contributed by atoms with Crippen LogP contribution in [0.2, 0.25) is 0 Å². The number of allylic oxidation sites excluding steroid dienone is 4. The summed E-state index contributed by atoms with van der Waals surface area (Å²) in [6.45, 7) is 6.40. The van der Waals surface area contributed by atoms with Crippen LogP contribution in [0.4, 0.5) is 0 Å². The normalized spacial score (nSPS) is 11.3. The molecule has 1 aromatic carbocycles. The molecule has 0 heteroatoms. The molecule has 0 spiro atoms. The monoisotopic (exact) mass is 213 g/mol. The maximum Gasteiger partial charge on any atom is -0.00949 e. The van der Waals surface area contributed by atoms with Crippen molar-refractivity contribution >= 4 is 0 Å². The van der Waals surface area contributed by atoms with Crippen molar-refractivity contribution in [3.63, 3.8) is 0 Å². The van der Waals surface area contributed by atoms with Gasteiger partial charge in [0.25, 0.3) is 0 Å². The molecule has 16 heavy (non-hydrogen) atoms. The summed E-state index contributed by atoms with van der Waals surface area (Å²) in [6, 6.07) is 10.6. The quantitative estimate of drug-likeness (QED) is 0.620. The second-order valence-corrected chi connectivity index (χ2v) is 4.42. The molecular weight excluding hydrogens is 192 g/mol. The Kier molecular flexibility index (Phi) is 5.63. The molecule has 0 unspecified atom stereocenters. The van der Waals surface area contributed by atoms with Gasteiger partial charge in [0.15, 0.2) is 0 Å². The number of rotatable bonds is 5. The number of hydrogen-bond acceptors (Lipinski definition) is 0. The molecule has 0 bridgehead atoms. The summed E-state index contributed by atoms with van der Waals surface area (Å²) in [4.78, 5) is 0. The Bertz CT molecular complexity index is 351. The maximum atomic E-state index is 3.35. The highest BCUT2D eigenvalue weighted by molar-refractivity contribution is 5.18. The minimum Gasteiger partial charge on any atom is -0.0812 e. The molecule has 0 saturated heterocycles. The van der Waals surface area contributed by atoms with E-state index in [2.05, 4.69) is 63.3 Å². The van der Waals surface area contributed by atoms with Crippen LogP contribution in [0.5, 0.6) is 0 Å². The summed E-state index contributed by atoms with van der Waals surface area (Å²) in [5, 5.41) is 0. The molecule has 0 aliphatic carbocycles. The van der Waals surface area contributed by atoms with Crippen molar-refractivity contribution in [2.24, 2.45) is 0 Å². The van der Waals surface area contributed by atoms with E-state index < -0.39 is 0 Å². The summed E-state index contributed by atoms with van der Waals surface area (Å²) in [5.41, 5.74) is 4.13. The minimum absolute atomic E-state index is 1.04. The van der Waals surface area contributed by atoms with E-state index in [0.717, 1.165) is 19.3 Å². The highest BCUT2D eigenvalue weighted by atomic mass is 14.0. The largest absolute Gasteiger partial charge is 0.0812 e. The molecule has 1 aromatic rings. The molecule has 0 N–H and O–H groups in total. The van der Waals surface area contributed by atoms with Crippen LogP contribution in [0.15, 0.2) is 47.6 Å². The smallest absolute Gasteiger partial charge is 0.00949 e. The highest BCUT2D eigenvalue weighted by Crippen LogP contribution is 2.08. The van der Waals surface area contributed by atoms with Gasteiger partial charge >= 0.3 is 0 Å². The third kappa shape index (κ3) is 5.55. The van der Waals surface area contributed by atoms with Crippen LogP contribution in [0.25, 0.3) is 0 Å². The second kappa shape index (κ2) is 7.05. The van der Waals surface area contributed by atoms with Gasteiger partial charge in [0.05, 0.1) is 0 Å². The summed E-state index contributed by atoms with van der Waals surface area (Å²) in [6.07, 6.45) is 8.88. The van der Waals surface area contributed by atoms with Crippen LogP contribution < -0.4 is 0 Å². The second-order valence-electron chi connectivity index (χ2n) is 4.42. The third-order valence-corrected chi connectivity index (χ3v) is 2.53. The van der Waals surface area contributed by atoms with E-state index in [1.165, 1.54) is 16.7 Å². The maximum absolute atomic E-state index is 3.35. The Labute approximate surface area is 99.7 Å². The molecule has 1 radical (unpaired) electrons. The Balaban J connectivity index is 2.37. The summed E-state index contributed by atoms with van der Waals surface area (Å²) >= 11 is 0. The predicted molar refractivity (Wildman–Crippen MR) is 71.2 cm³/mol. The van der Waals surface area contributed by atoms with Gasteiger partial charge < -0.3 is 0 Å². The van der Waals surface area contributed by atoms with Gasteiger partial charge in [0.1, 0.15) is 0 Å². The van der Waals surface area contributed by atoms with Gasteiger partial charge in [-0.1, -0.05) is 47.6 Å². The Hall–Kier alpha value is -1.30. The molecule has 0 nitrogen and oxygen atoms in total. The van der Waals surface area contributed by atoms with Gasteiger partial charge in [-0.05, 0) is 51.7 Å². The van der Waals surface area contributed by atoms with Crippen LogP contribution in [0, 0.1) is 6.08 Å². The number of hydrogen-bond donors (Lipinski definition) is 0. The van der Waals surface area contributed by atoms with Crippen molar-refractivity contribution in [3.8, 4) is 0 Å². The number of benzene rings is 1. The molecule has 0 aromatic heterocycles. The standard InChI is InChI=1S/C16H21/c1-14(2)8-7-9-15(3)12-13-16-10-5-4-6-11-16/h4-6,10-12H,7,9,13H2,1-3H3/b15-12+. The zero-order valence-corrected chi connectivity index (χ0v) is 10.6. The molecule has 0 heterocycles. The topological polar surface area (TPSA) is 0 Å². The van der Waals surface area contributed by atoms with Crippen LogP contribution >= 0.6 is 0 Å². The minimum atomic E-state index is 1.04. The Morgan fingerprint density at radius 3 is 2.44 bits per heavy atom. The SMILES string of the molecule is CC(C)=[C]CC/C(C)=C/Cc1ccccc1. The van der Waals surface area contributed by atoms with Gasteiger partial charge in [0.2, 0.25) is 0 Å². The zero-order chi connectivity index (χ0) is 11.8. The Morgan fingerprint density at radius 1 is 1.12 bits per heavy atom. The Morgan fingerprint density at radius 2 is 1.81 bits per heavy atom. The highest BCUT2D eigenvalue weighted by Gasteiger charge is 1.91. The van der Waals surface area contributed by atoms with Gasteiger partial charge in [-0.15, -0.1) is 0 Å². The van der Waals surface area contributed by atoms with E-state index in [0.29, 0.717) is 0 Å². The molecule has 0 aliphatic rings. The lowest BCUT2D eigenvalue weighted by Crippen LogP contribution is -1.83. The van der Waals surface area contributed by atoms with Crippen molar-refractivity contribution in [2.45, 2.75) is 40.0 Å². The molecule has 0 fully saturated rings. The van der Waals surface area contributed by atoms with E-state index in [9.17, 15) is 0 Å².